The number of nitrogens with one attached hydrogen (secondary N) is 1. The highest BCUT2D eigenvalue weighted by Gasteiger charge is 2.00. The summed E-state index contributed by atoms with van der Waals surface area (Å²) in [6.45, 7) is 0.247. The van der Waals surface area contributed by atoms with Crippen LogP contribution in [0.2, 0.25) is 0 Å². The number of hydrogen-bond acceptors (Lipinski definition) is 4. The number of unbranched alkanes of at least 4 members (excludes halogenated alkanes) is 1. The summed E-state index contributed by atoms with van der Waals surface area (Å²) in [6, 6.07) is 0. The summed E-state index contributed by atoms with van der Waals surface area (Å²) in [6.07, 6.45) is 2.63. The van der Waals surface area contributed by atoms with E-state index in [1.807, 2.05) is 33.2 Å². The maximum absolute atomic E-state index is 8.66. The van der Waals surface area contributed by atoms with Crippen molar-refractivity contribution in [3.05, 3.63) is 0 Å². The smallest absolute Gasteiger partial charge is 0.136 e. The molecule has 5 heteroatoms. The fourth-order valence-electron chi connectivity index (χ4n) is 1.03. The second kappa shape index (κ2) is 7.58. The molecule has 0 bridgehead atoms. The molecule has 0 fully saturated rings. The Bertz CT molecular complexity index is 168. The van der Waals surface area contributed by atoms with Gasteiger partial charge in [0.05, 0.1) is 0 Å². The number of amidine groups is 1. The minimum absolute atomic E-state index is 0.247. The van der Waals surface area contributed by atoms with E-state index in [1.165, 1.54) is 0 Å². The molecule has 0 aliphatic heterocycles. The van der Waals surface area contributed by atoms with Gasteiger partial charge in [0, 0.05) is 41.2 Å². The first kappa shape index (κ1) is 13.2. The van der Waals surface area contributed by atoms with Crippen LogP contribution in [0.15, 0.2) is 5.10 Å². The average molecular weight is 202 g/mol. The first-order chi connectivity index (χ1) is 6.56. The Balaban J connectivity index is 3.98. The number of hydrazone groups is 1. The van der Waals surface area contributed by atoms with Crippen LogP contribution in [-0.4, -0.2) is 55.8 Å². The third-order valence-corrected chi connectivity index (χ3v) is 1.50. The number of aliphatic hydroxyl groups excluding tert-OH is 1. The summed E-state index contributed by atoms with van der Waals surface area (Å²) in [4.78, 5) is 0. The van der Waals surface area contributed by atoms with Gasteiger partial charge in [0.15, 0.2) is 0 Å². The number of hydrogen-bond donors (Lipinski definition) is 2. The topological polar surface area (TPSA) is 51.1 Å². The summed E-state index contributed by atoms with van der Waals surface area (Å²) < 4.78 is 0. The maximum atomic E-state index is 8.66. The van der Waals surface area contributed by atoms with Gasteiger partial charge in [-0.2, -0.15) is 5.10 Å². The molecule has 0 spiro atoms. The molecule has 0 aliphatic carbocycles. The van der Waals surface area contributed by atoms with Crippen LogP contribution in [0.25, 0.3) is 0 Å². The summed E-state index contributed by atoms with van der Waals surface area (Å²) in [5.74, 6) is 0.924. The van der Waals surface area contributed by atoms with E-state index in [4.69, 9.17) is 5.11 Å². The lowest BCUT2D eigenvalue weighted by Gasteiger charge is -2.17. The van der Waals surface area contributed by atoms with E-state index in [2.05, 4.69) is 10.5 Å². The maximum Gasteiger partial charge on any atom is 0.136 e. The van der Waals surface area contributed by atoms with E-state index >= 15 is 0 Å². The minimum Gasteiger partial charge on any atom is -0.396 e. The van der Waals surface area contributed by atoms with Gasteiger partial charge in [-0.3, -0.25) is 0 Å². The van der Waals surface area contributed by atoms with Crippen LogP contribution in [-0.2, 0) is 0 Å². The Labute approximate surface area is 86.4 Å². The van der Waals surface area contributed by atoms with Crippen molar-refractivity contribution in [2.45, 2.75) is 19.3 Å². The average Bonchev–Trinajstić information content (AvgIpc) is 2.02. The monoisotopic (exact) mass is 202 g/mol. The van der Waals surface area contributed by atoms with Crippen LogP contribution >= 0.6 is 0 Å². The lowest BCUT2D eigenvalue weighted by molar-refractivity contribution is 0.284. The molecule has 0 aromatic heterocycles. The van der Waals surface area contributed by atoms with Crippen LogP contribution in [0.4, 0.5) is 0 Å². The third kappa shape index (κ3) is 7.82. The van der Waals surface area contributed by atoms with Crippen molar-refractivity contribution in [1.29, 1.82) is 0 Å². The normalized spacial score (nSPS) is 12.0. The van der Waals surface area contributed by atoms with Gasteiger partial charge in [-0.25, -0.2) is 5.01 Å². The molecule has 0 rings (SSSR count). The van der Waals surface area contributed by atoms with Crippen molar-refractivity contribution >= 4 is 5.84 Å². The van der Waals surface area contributed by atoms with Gasteiger partial charge in [-0.15, -0.1) is 0 Å². The predicted octanol–water partition coefficient (Wildman–Crippen LogP) is 0.0903. The zero-order valence-electron chi connectivity index (χ0n) is 9.62. The fraction of sp³-hybridized carbons (Fsp3) is 0.889. The number of nitrogens with zero attached hydrogens (tertiary/aromatic N) is 3. The molecule has 0 unspecified atom stereocenters. The van der Waals surface area contributed by atoms with Crippen molar-refractivity contribution in [1.82, 2.24) is 15.4 Å². The van der Waals surface area contributed by atoms with Crippen molar-refractivity contribution < 1.29 is 5.11 Å². The Morgan fingerprint density at radius 3 is 2.29 bits per heavy atom. The van der Waals surface area contributed by atoms with Crippen LogP contribution in [0.5, 0.6) is 0 Å². The highest BCUT2D eigenvalue weighted by atomic mass is 16.2. The fourth-order valence-corrected chi connectivity index (χ4v) is 1.03. The van der Waals surface area contributed by atoms with Crippen molar-refractivity contribution in [2.24, 2.45) is 5.10 Å². The summed E-state index contributed by atoms with van der Waals surface area (Å²) in [7, 11) is 7.64. The van der Waals surface area contributed by atoms with Gasteiger partial charge < -0.3 is 15.5 Å². The van der Waals surface area contributed by atoms with Gasteiger partial charge in [0.2, 0.25) is 0 Å². The number of hydrazine groups is 1. The van der Waals surface area contributed by atoms with E-state index in [1.54, 1.807) is 5.01 Å². The SMILES string of the molecule is CN(C)N=C(CCCCO)NN(C)C. The lowest BCUT2D eigenvalue weighted by atomic mass is 10.2. The highest BCUT2D eigenvalue weighted by molar-refractivity contribution is 5.81. The second-order valence-corrected chi connectivity index (χ2v) is 3.58. The second-order valence-electron chi connectivity index (χ2n) is 3.58. The molecule has 0 heterocycles. The molecule has 0 aromatic carbocycles. The van der Waals surface area contributed by atoms with Crippen LogP contribution in [0.3, 0.4) is 0 Å². The van der Waals surface area contributed by atoms with E-state index in [0.29, 0.717) is 0 Å². The largest absolute Gasteiger partial charge is 0.396 e. The Kier molecular flexibility index (Phi) is 7.14. The summed E-state index contributed by atoms with van der Waals surface area (Å²) in [5, 5.41) is 16.6. The van der Waals surface area contributed by atoms with Gasteiger partial charge in [-0.05, 0) is 12.8 Å². The molecule has 0 amide bonds. The summed E-state index contributed by atoms with van der Waals surface area (Å²) in [5.41, 5.74) is 3.13. The van der Waals surface area contributed by atoms with E-state index < -0.39 is 0 Å². The zero-order valence-corrected chi connectivity index (χ0v) is 9.62. The quantitative estimate of drug-likeness (QED) is 0.277. The molecule has 0 atom stereocenters. The van der Waals surface area contributed by atoms with E-state index in [0.717, 1.165) is 25.1 Å². The molecule has 84 valence electrons. The zero-order chi connectivity index (χ0) is 11.0. The standard InChI is InChI=1S/C9H22N4O/c1-12(2)10-9(11-13(3)4)7-5-6-8-14/h14H,5-8H2,1-4H3,(H,10,11). The molecule has 0 saturated heterocycles. The van der Waals surface area contributed by atoms with Crippen molar-refractivity contribution in [3.8, 4) is 0 Å². The molecule has 2 N–H and O–H groups in total. The lowest BCUT2D eigenvalue weighted by Crippen LogP contribution is -2.37. The molecule has 0 aromatic rings. The van der Waals surface area contributed by atoms with Crippen LogP contribution < -0.4 is 5.43 Å². The molecular formula is C9H22N4O. The van der Waals surface area contributed by atoms with Gasteiger partial charge >= 0.3 is 0 Å². The minimum atomic E-state index is 0.247. The van der Waals surface area contributed by atoms with Crippen LogP contribution in [0, 0.1) is 0 Å². The van der Waals surface area contributed by atoms with Crippen LogP contribution in [0.1, 0.15) is 19.3 Å². The first-order valence-corrected chi connectivity index (χ1v) is 4.86. The van der Waals surface area contributed by atoms with Gasteiger partial charge in [0.1, 0.15) is 5.84 Å². The van der Waals surface area contributed by atoms with Gasteiger partial charge in [0.25, 0.3) is 0 Å². The van der Waals surface area contributed by atoms with Gasteiger partial charge in [-0.1, -0.05) is 0 Å². The van der Waals surface area contributed by atoms with Crippen molar-refractivity contribution in [2.75, 3.05) is 34.8 Å². The summed E-state index contributed by atoms with van der Waals surface area (Å²) >= 11 is 0. The molecule has 0 saturated carbocycles. The highest BCUT2D eigenvalue weighted by Crippen LogP contribution is 1.96. The molecule has 0 aliphatic rings. The Morgan fingerprint density at radius 1 is 1.21 bits per heavy atom. The Hall–Kier alpha value is -0.810. The predicted molar refractivity (Wildman–Crippen MR) is 58.9 cm³/mol. The molecular weight excluding hydrogens is 180 g/mol. The first-order valence-electron chi connectivity index (χ1n) is 4.86. The number of aliphatic hydroxyl groups is 1. The number of rotatable bonds is 6. The molecule has 5 nitrogen and oxygen atoms in total. The van der Waals surface area contributed by atoms with E-state index in [-0.39, 0.29) is 6.61 Å². The van der Waals surface area contributed by atoms with E-state index in [9.17, 15) is 0 Å². The molecule has 0 radical (unpaired) electrons. The third-order valence-electron chi connectivity index (χ3n) is 1.50. The molecule has 14 heavy (non-hydrogen) atoms. The van der Waals surface area contributed by atoms with Crippen molar-refractivity contribution in [3.63, 3.8) is 0 Å². The Morgan fingerprint density at radius 2 is 1.86 bits per heavy atom.